The average molecular weight is 519 g/mol. The van der Waals surface area contributed by atoms with Crippen LogP contribution in [0.2, 0.25) is 0 Å². The van der Waals surface area contributed by atoms with Crippen LogP contribution < -0.4 is 24.4 Å². The van der Waals surface area contributed by atoms with E-state index in [0.717, 1.165) is 30.8 Å². The minimum absolute atomic E-state index is 0.0925. The Morgan fingerprint density at radius 2 is 1.89 bits per heavy atom. The molecule has 2 fully saturated rings. The van der Waals surface area contributed by atoms with Gasteiger partial charge in [0.15, 0.2) is 16.6 Å². The number of methoxy groups -OCH3 is 2. The molecule has 10 nitrogen and oxygen atoms in total. The molecule has 0 aliphatic carbocycles. The number of carbonyl (C=O) groups excluding carboxylic acids is 2. The molecule has 0 saturated carbocycles. The number of thiazole rings is 1. The van der Waals surface area contributed by atoms with Gasteiger partial charge >= 0.3 is 12.3 Å². The number of hydrogen-bond donors (Lipinski definition) is 1. The molecule has 36 heavy (non-hydrogen) atoms. The lowest BCUT2D eigenvalue weighted by Gasteiger charge is -2.52. The second-order valence-electron chi connectivity index (χ2n) is 8.43. The molecule has 6 rings (SSSR count). The third-order valence-electron chi connectivity index (χ3n) is 6.32. The fourth-order valence-electron chi connectivity index (χ4n) is 4.67. The minimum atomic E-state index is -3.90. The highest BCUT2D eigenvalue weighted by Crippen LogP contribution is 2.45. The molecule has 1 aromatic heterocycles. The topological polar surface area (TPSA) is 108 Å². The first kappa shape index (κ1) is 22.7. The van der Waals surface area contributed by atoms with E-state index in [2.05, 4.69) is 19.7 Å². The van der Waals surface area contributed by atoms with Crippen molar-refractivity contribution in [3.05, 3.63) is 35.4 Å². The number of morpholine rings is 1. The summed E-state index contributed by atoms with van der Waals surface area (Å²) in [6.07, 6.45) is -2.86. The number of ether oxygens (including phenoxy) is 5. The summed E-state index contributed by atoms with van der Waals surface area (Å²) in [6.45, 7) is 1.26. The molecule has 3 aliphatic rings. The summed E-state index contributed by atoms with van der Waals surface area (Å²) in [7, 11) is 2.56. The maximum absolute atomic E-state index is 13.6. The normalized spacial score (nSPS) is 21.2. The maximum Gasteiger partial charge on any atom is 0.586 e. The molecule has 0 spiro atoms. The van der Waals surface area contributed by atoms with Gasteiger partial charge in [0.25, 0.3) is 5.91 Å². The summed E-state index contributed by atoms with van der Waals surface area (Å²) in [5, 5.41) is 3.39. The number of aromatic nitrogens is 1. The van der Waals surface area contributed by atoms with Crippen LogP contribution in [-0.4, -0.2) is 62.7 Å². The Balaban J connectivity index is 1.39. The number of nitrogens with zero attached hydrogens (tertiary/aromatic N) is 2. The highest BCUT2D eigenvalue weighted by molar-refractivity contribution is 7.22. The van der Waals surface area contributed by atoms with E-state index >= 15 is 0 Å². The van der Waals surface area contributed by atoms with Crippen molar-refractivity contribution in [2.45, 2.75) is 24.8 Å². The third kappa shape index (κ3) is 3.57. The number of halogens is 2. The largest absolute Gasteiger partial charge is 0.586 e. The smallest absolute Gasteiger partial charge is 0.496 e. The fourth-order valence-corrected chi connectivity index (χ4v) is 5.92. The Kier molecular flexibility index (Phi) is 5.16. The van der Waals surface area contributed by atoms with E-state index in [1.54, 1.807) is 12.1 Å². The predicted molar refractivity (Wildman–Crippen MR) is 124 cm³/mol. The SMILES string of the molecule is COC(=O)c1cc2c(cc1NC(=O)c1c(OC)ccc3nc(N4C5COCC4C5)sc13)OC(F)(F)O2. The summed E-state index contributed by atoms with van der Waals surface area (Å²) < 4.78 is 52.4. The highest BCUT2D eigenvalue weighted by atomic mass is 32.1. The lowest BCUT2D eigenvalue weighted by Crippen LogP contribution is -2.64. The van der Waals surface area contributed by atoms with Gasteiger partial charge in [-0.3, -0.25) is 4.79 Å². The highest BCUT2D eigenvalue weighted by Gasteiger charge is 2.45. The van der Waals surface area contributed by atoms with E-state index in [0.29, 0.717) is 23.4 Å². The molecule has 4 heterocycles. The molecule has 2 atom stereocenters. The Morgan fingerprint density at radius 1 is 1.17 bits per heavy atom. The number of esters is 1. The number of fused-ring (bicyclic) bond motifs is 4. The van der Waals surface area contributed by atoms with Crippen LogP contribution in [0.15, 0.2) is 24.3 Å². The van der Waals surface area contributed by atoms with Crippen LogP contribution in [-0.2, 0) is 9.47 Å². The van der Waals surface area contributed by atoms with Gasteiger partial charge in [-0.25, -0.2) is 9.78 Å². The van der Waals surface area contributed by atoms with Gasteiger partial charge in [-0.05, 0) is 18.6 Å². The van der Waals surface area contributed by atoms with E-state index in [9.17, 15) is 18.4 Å². The molecule has 13 heteroatoms. The molecule has 2 bridgehead atoms. The lowest BCUT2D eigenvalue weighted by atomic mass is 9.92. The molecule has 1 amide bonds. The molecule has 188 valence electrons. The number of hydrogen-bond acceptors (Lipinski definition) is 10. The summed E-state index contributed by atoms with van der Waals surface area (Å²) in [4.78, 5) is 32.8. The van der Waals surface area contributed by atoms with E-state index in [4.69, 9.17) is 19.2 Å². The van der Waals surface area contributed by atoms with Gasteiger partial charge in [-0.1, -0.05) is 11.3 Å². The second-order valence-corrected chi connectivity index (χ2v) is 9.41. The van der Waals surface area contributed by atoms with Crippen molar-refractivity contribution in [3.63, 3.8) is 0 Å². The Labute approximate surface area is 206 Å². The van der Waals surface area contributed by atoms with E-state index in [1.807, 2.05) is 0 Å². The van der Waals surface area contributed by atoms with E-state index < -0.39 is 18.2 Å². The van der Waals surface area contributed by atoms with Gasteiger partial charge in [-0.15, -0.1) is 8.78 Å². The fraction of sp³-hybridized carbons (Fsp3) is 0.348. The number of nitrogens with one attached hydrogen (secondary N) is 1. The first-order chi connectivity index (χ1) is 17.3. The number of amides is 1. The Morgan fingerprint density at radius 3 is 2.56 bits per heavy atom. The van der Waals surface area contributed by atoms with Gasteiger partial charge in [0.1, 0.15) is 11.3 Å². The average Bonchev–Trinajstić information content (AvgIpc) is 3.40. The zero-order valence-electron chi connectivity index (χ0n) is 19.0. The van der Waals surface area contributed by atoms with Crippen LogP contribution >= 0.6 is 11.3 Å². The zero-order chi connectivity index (χ0) is 25.2. The summed E-state index contributed by atoms with van der Waals surface area (Å²) >= 11 is 1.35. The molecule has 0 radical (unpaired) electrons. The summed E-state index contributed by atoms with van der Waals surface area (Å²) in [5.74, 6) is -1.89. The molecule has 3 aliphatic heterocycles. The molecular weight excluding hydrogens is 500 g/mol. The predicted octanol–water partition coefficient (Wildman–Crippen LogP) is 3.64. The first-order valence-electron chi connectivity index (χ1n) is 10.9. The second kappa shape index (κ2) is 8.17. The standard InChI is InChI=1S/C23H19F2N3O7S/c1-31-15-4-3-13-19(36-22(27-13)28-10-5-11(28)9-33-8-10)18(15)20(29)26-14-7-17-16(34-23(24,25)35-17)6-12(14)21(30)32-2/h3-4,6-7,10-11H,5,8-9H2,1-2H3,(H,26,29). The number of alkyl halides is 2. The van der Waals surface area contributed by atoms with Gasteiger partial charge in [0.05, 0.1) is 61.0 Å². The molecule has 2 aromatic carbocycles. The van der Waals surface area contributed by atoms with Crippen LogP contribution in [0, 0.1) is 0 Å². The van der Waals surface area contributed by atoms with Gasteiger partial charge in [-0.2, -0.15) is 0 Å². The monoisotopic (exact) mass is 519 g/mol. The van der Waals surface area contributed by atoms with Gasteiger partial charge < -0.3 is 33.9 Å². The molecular formula is C23H19F2N3O7S. The van der Waals surface area contributed by atoms with Crippen molar-refractivity contribution in [3.8, 4) is 17.2 Å². The zero-order valence-corrected chi connectivity index (χ0v) is 19.8. The van der Waals surface area contributed by atoms with Gasteiger partial charge in [0.2, 0.25) is 0 Å². The van der Waals surface area contributed by atoms with Crippen molar-refractivity contribution in [1.29, 1.82) is 0 Å². The minimum Gasteiger partial charge on any atom is -0.496 e. The molecule has 1 N–H and O–H groups in total. The number of rotatable bonds is 5. The first-order valence-corrected chi connectivity index (χ1v) is 11.8. The lowest BCUT2D eigenvalue weighted by molar-refractivity contribution is -0.286. The van der Waals surface area contributed by atoms with Crippen molar-refractivity contribution in [1.82, 2.24) is 4.98 Å². The maximum atomic E-state index is 13.6. The van der Waals surface area contributed by atoms with Crippen molar-refractivity contribution in [2.75, 3.05) is 37.7 Å². The number of anilines is 2. The van der Waals surface area contributed by atoms with Crippen molar-refractivity contribution >= 4 is 44.2 Å². The molecule has 2 unspecified atom stereocenters. The quantitative estimate of drug-likeness (QED) is 0.506. The van der Waals surface area contributed by atoms with Crippen molar-refractivity contribution < 1.29 is 42.1 Å². The third-order valence-corrected chi connectivity index (χ3v) is 7.42. The summed E-state index contributed by atoms with van der Waals surface area (Å²) in [6, 6.07) is 6.01. The van der Waals surface area contributed by atoms with Gasteiger partial charge in [0, 0.05) is 12.1 Å². The van der Waals surface area contributed by atoms with Crippen LogP contribution in [0.4, 0.5) is 19.6 Å². The molecule has 2 saturated heterocycles. The van der Waals surface area contributed by atoms with Crippen LogP contribution in [0.5, 0.6) is 17.2 Å². The van der Waals surface area contributed by atoms with E-state index in [-0.39, 0.29) is 46.1 Å². The van der Waals surface area contributed by atoms with E-state index in [1.165, 1.54) is 18.4 Å². The van der Waals surface area contributed by atoms with Crippen LogP contribution in [0.3, 0.4) is 0 Å². The Hall–Kier alpha value is -3.71. The van der Waals surface area contributed by atoms with Crippen LogP contribution in [0.1, 0.15) is 27.1 Å². The Bertz CT molecular complexity index is 1400. The number of benzene rings is 2. The van der Waals surface area contributed by atoms with Crippen molar-refractivity contribution in [2.24, 2.45) is 0 Å². The summed E-state index contributed by atoms with van der Waals surface area (Å²) in [5.41, 5.74) is 0.519. The molecule has 3 aromatic rings. The van der Waals surface area contributed by atoms with Crippen LogP contribution in [0.25, 0.3) is 10.2 Å². The number of carbonyl (C=O) groups is 2.